The summed E-state index contributed by atoms with van der Waals surface area (Å²) in [5, 5.41) is 18.4. The van der Waals surface area contributed by atoms with Crippen molar-refractivity contribution >= 4 is 0 Å². The Balaban J connectivity index is 0.000000469. The van der Waals surface area contributed by atoms with Gasteiger partial charge < -0.3 is 15.7 Å². The Morgan fingerprint density at radius 1 is 0.769 bits per heavy atom. The molecule has 0 unspecified atom stereocenters. The van der Waals surface area contributed by atoms with E-state index in [1.165, 1.54) is 64.5 Å². The summed E-state index contributed by atoms with van der Waals surface area (Å²) in [6.07, 6.45) is 2.97. The van der Waals surface area contributed by atoms with Gasteiger partial charge in [0, 0.05) is 24.5 Å². The van der Waals surface area contributed by atoms with Gasteiger partial charge in [-0.15, -0.1) is 0 Å². The molecule has 0 bridgehead atoms. The van der Waals surface area contributed by atoms with E-state index in [9.17, 15) is 10.2 Å². The molecule has 0 aliphatic rings. The minimum Gasteiger partial charge on any atom is -0.508 e. The molecule has 26 heavy (non-hydrogen) atoms. The first-order valence-corrected chi connectivity index (χ1v) is 7.81. The molecule has 0 spiro atoms. The number of pyridine rings is 2. The Kier molecular flexibility index (Phi) is 9.28. The molecular weight excluding hydrogens is 508 g/mol. The van der Waals surface area contributed by atoms with Crippen LogP contribution in [0.1, 0.15) is 27.8 Å². The molecule has 0 amide bonds. The Morgan fingerprint density at radius 3 is 1.35 bits per heavy atom. The minimum absolute atomic E-state index is 0. The zero-order valence-electron chi connectivity index (χ0n) is 15.6. The molecule has 0 radical (unpaired) electrons. The summed E-state index contributed by atoms with van der Waals surface area (Å²) >= 11 is 0. The molecule has 4 N–H and O–H groups in total. The smallest absolute Gasteiger partial charge is 0.508 e. The monoisotopic (exact) mass is 534 g/mol. The first-order valence-electron chi connectivity index (χ1n) is 7.81. The molecule has 5 nitrogen and oxygen atoms in total. The Labute approximate surface area is 167 Å². The van der Waals surface area contributed by atoms with Crippen molar-refractivity contribution in [1.82, 2.24) is 9.97 Å². The Bertz CT molecular complexity index is 736. The predicted octanol–water partition coefficient (Wildman–Crippen LogP) is 3.68. The van der Waals surface area contributed by atoms with Crippen molar-refractivity contribution in [3.63, 3.8) is 0 Å². The molecule has 3 rings (SSSR count). The van der Waals surface area contributed by atoms with Crippen molar-refractivity contribution in [2.75, 3.05) is 0 Å². The zero-order valence-corrected chi connectivity index (χ0v) is 18.0. The van der Waals surface area contributed by atoms with E-state index in [2.05, 4.69) is 44.6 Å². The molecule has 0 saturated heterocycles. The summed E-state index contributed by atoms with van der Waals surface area (Å²) in [6.45, 7) is 11.0. The fraction of sp³-hybridized carbons (Fsp3) is 0.250. The van der Waals surface area contributed by atoms with Gasteiger partial charge in [0.1, 0.15) is 11.5 Å². The Morgan fingerprint density at radius 2 is 1.12 bits per heavy atom. The Hall–Kier alpha value is -2.14. The SMILES string of the molecule is Cc1c(C)c(C)[c-](C)c1C.O.Oc1ccnc(-c2cc(O)ccn2)c1.[Ir+3]. The average Bonchev–Trinajstić information content (AvgIpc) is 2.73. The number of rotatable bonds is 1. The number of hydrogen-bond acceptors (Lipinski definition) is 4. The second-order valence-corrected chi connectivity index (χ2v) is 5.92. The fourth-order valence-corrected chi connectivity index (χ4v) is 2.53. The third kappa shape index (κ3) is 5.43. The van der Waals surface area contributed by atoms with Crippen LogP contribution in [0.3, 0.4) is 0 Å². The zero-order chi connectivity index (χ0) is 17.9. The quantitative estimate of drug-likeness (QED) is 0.467. The van der Waals surface area contributed by atoms with Crippen LogP contribution in [0.15, 0.2) is 36.7 Å². The first-order chi connectivity index (χ1) is 11.3. The summed E-state index contributed by atoms with van der Waals surface area (Å²) in [6, 6.07) is 5.93. The van der Waals surface area contributed by atoms with Crippen LogP contribution in [0.5, 0.6) is 11.5 Å². The van der Waals surface area contributed by atoms with Crippen LogP contribution >= 0.6 is 0 Å². The van der Waals surface area contributed by atoms with Gasteiger partial charge in [-0.3, -0.25) is 9.97 Å². The third-order valence-corrected chi connectivity index (χ3v) is 4.56. The van der Waals surface area contributed by atoms with Crippen LogP contribution in [0.4, 0.5) is 0 Å². The van der Waals surface area contributed by atoms with E-state index in [4.69, 9.17) is 0 Å². The van der Waals surface area contributed by atoms with Crippen LogP contribution in [0.25, 0.3) is 11.4 Å². The van der Waals surface area contributed by atoms with Crippen LogP contribution in [-0.4, -0.2) is 25.7 Å². The molecule has 0 atom stereocenters. The summed E-state index contributed by atoms with van der Waals surface area (Å²) in [5.74, 6) is 0.250. The molecular formula is C20H25IrN2O3+2. The number of nitrogens with zero attached hydrogens (tertiary/aromatic N) is 2. The first kappa shape index (κ1) is 23.9. The predicted molar refractivity (Wildman–Crippen MR) is 100 cm³/mol. The van der Waals surface area contributed by atoms with Crippen molar-refractivity contribution in [2.24, 2.45) is 0 Å². The molecule has 0 saturated carbocycles. The van der Waals surface area contributed by atoms with Crippen LogP contribution in [0, 0.1) is 34.6 Å². The molecule has 0 aliphatic heterocycles. The molecule has 0 fully saturated rings. The van der Waals surface area contributed by atoms with Gasteiger partial charge in [0.25, 0.3) is 0 Å². The maximum absolute atomic E-state index is 9.21. The van der Waals surface area contributed by atoms with Gasteiger partial charge >= 0.3 is 20.1 Å². The van der Waals surface area contributed by atoms with E-state index in [1.54, 1.807) is 0 Å². The van der Waals surface area contributed by atoms with Crippen molar-refractivity contribution < 1.29 is 35.8 Å². The van der Waals surface area contributed by atoms with Gasteiger partial charge in [0.2, 0.25) is 0 Å². The van der Waals surface area contributed by atoms with E-state index < -0.39 is 0 Å². The second-order valence-electron chi connectivity index (χ2n) is 5.92. The van der Waals surface area contributed by atoms with Gasteiger partial charge in [0.05, 0.1) is 11.4 Å². The number of aromatic hydroxyl groups is 2. The third-order valence-electron chi connectivity index (χ3n) is 4.56. The molecule has 2 heterocycles. The molecule has 3 aromatic rings. The van der Waals surface area contributed by atoms with Gasteiger partial charge in [-0.05, 0) is 12.1 Å². The maximum atomic E-state index is 9.21. The van der Waals surface area contributed by atoms with E-state index in [0.717, 1.165) is 0 Å². The molecule has 1 aromatic carbocycles. The summed E-state index contributed by atoms with van der Waals surface area (Å²) in [5.41, 5.74) is 8.40. The summed E-state index contributed by atoms with van der Waals surface area (Å²) in [4.78, 5) is 8.03. The second kappa shape index (κ2) is 10.1. The van der Waals surface area contributed by atoms with E-state index >= 15 is 0 Å². The minimum atomic E-state index is 0. The van der Waals surface area contributed by atoms with Crippen molar-refractivity contribution in [2.45, 2.75) is 34.6 Å². The summed E-state index contributed by atoms with van der Waals surface area (Å²) in [7, 11) is 0. The average molecular weight is 534 g/mol. The molecule has 140 valence electrons. The standard InChI is InChI=1S/C10H8N2O2.C10H15.Ir.H2O/c13-7-1-3-11-9(5-7)10-6-8(14)2-4-12-10;1-6-7(2)9(4)10(5)8(6)3;;/h1-6H,(H,11,13)(H,12,14);1-5H3;;1H2/q;-1;+3;. The maximum Gasteiger partial charge on any atom is 3.00 e. The molecule has 0 aliphatic carbocycles. The van der Waals surface area contributed by atoms with Crippen LogP contribution in [0.2, 0.25) is 0 Å². The van der Waals surface area contributed by atoms with Crippen molar-refractivity contribution in [3.05, 3.63) is 64.5 Å². The summed E-state index contributed by atoms with van der Waals surface area (Å²) < 4.78 is 0. The normalized spacial score (nSPS) is 9.42. The number of aromatic nitrogens is 2. The molecule has 2 aromatic heterocycles. The number of hydrogen-bond donors (Lipinski definition) is 2. The van der Waals surface area contributed by atoms with Gasteiger partial charge in [-0.2, -0.15) is 27.8 Å². The van der Waals surface area contributed by atoms with Gasteiger partial charge in [-0.1, -0.05) is 34.6 Å². The van der Waals surface area contributed by atoms with Crippen LogP contribution < -0.4 is 0 Å². The topological polar surface area (TPSA) is 97.7 Å². The van der Waals surface area contributed by atoms with E-state index in [0.29, 0.717) is 11.4 Å². The van der Waals surface area contributed by atoms with E-state index in [-0.39, 0.29) is 37.1 Å². The van der Waals surface area contributed by atoms with Crippen LogP contribution in [-0.2, 0) is 20.1 Å². The van der Waals surface area contributed by atoms with E-state index in [1.807, 2.05) is 0 Å². The fourth-order valence-electron chi connectivity index (χ4n) is 2.53. The largest absolute Gasteiger partial charge is 3.00 e. The van der Waals surface area contributed by atoms with Gasteiger partial charge in [0.15, 0.2) is 0 Å². The van der Waals surface area contributed by atoms with Gasteiger partial charge in [-0.25, -0.2) is 0 Å². The van der Waals surface area contributed by atoms with Crippen molar-refractivity contribution in [1.29, 1.82) is 0 Å². The molecule has 6 heteroatoms. The van der Waals surface area contributed by atoms with Crippen molar-refractivity contribution in [3.8, 4) is 22.9 Å².